The molecule has 4 heterocycles. The number of fused-ring (bicyclic) bond motifs is 1. The monoisotopic (exact) mass is 457 g/mol. The van der Waals surface area contributed by atoms with Crippen molar-refractivity contribution in [2.45, 2.75) is 31.9 Å². The Morgan fingerprint density at radius 3 is 3.13 bits per heavy atom. The highest BCUT2D eigenvalue weighted by molar-refractivity contribution is 8.13. The van der Waals surface area contributed by atoms with Gasteiger partial charge in [0, 0.05) is 17.1 Å². The highest BCUT2D eigenvalue weighted by Crippen LogP contribution is 2.47. The highest BCUT2D eigenvalue weighted by atomic mass is 32.2. The molecule has 2 aromatic heterocycles. The van der Waals surface area contributed by atoms with Crippen LogP contribution in [0.25, 0.3) is 0 Å². The third-order valence-electron chi connectivity index (χ3n) is 5.19. The Morgan fingerprint density at radius 1 is 1.48 bits per heavy atom. The molecule has 1 unspecified atom stereocenters. The van der Waals surface area contributed by atoms with Crippen molar-refractivity contribution in [3.8, 4) is 17.6 Å². The third-order valence-corrected chi connectivity index (χ3v) is 7.16. The number of anilines is 1. The van der Waals surface area contributed by atoms with Crippen molar-refractivity contribution in [1.82, 2.24) is 9.97 Å². The number of rotatable bonds is 5. The van der Waals surface area contributed by atoms with Gasteiger partial charge in [-0.05, 0) is 32.4 Å². The van der Waals surface area contributed by atoms with Crippen LogP contribution < -0.4 is 15.8 Å². The van der Waals surface area contributed by atoms with E-state index in [4.69, 9.17) is 20.2 Å². The van der Waals surface area contributed by atoms with Crippen molar-refractivity contribution in [3.05, 3.63) is 34.4 Å². The summed E-state index contributed by atoms with van der Waals surface area (Å²) in [6, 6.07) is 3.29. The second-order valence-electron chi connectivity index (χ2n) is 7.33. The molecule has 31 heavy (non-hydrogen) atoms. The van der Waals surface area contributed by atoms with Gasteiger partial charge >= 0.3 is 0 Å². The lowest BCUT2D eigenvalue weighted by Gasteiger charge is -2.44. The molecule has 0 aliphatic carbocycles. The Kier molecular flexibility index (Phi) is 6.46. The number of aliphatic imine (C=N–C) groups is 1. The zero-order valence-electron chi connectivity index (χ0n) is 17.3. The van der Waals surface area contributed by atoms with E-state index in [9.17, 15) is 4.79 Å². The number of nitrogens with two attached hydrogens (primary N) is 1. The zero-order valence-corrected chi connectivity index (χ0v) is 18.9. The first-order valence-electron chi connectivity index (χ1n) is 9.85. The predicted molar refractivity (Wildman–Crippen MR) is 123 cm³/mol. The standard InChI is InChI=1S/C21H23N5O3S2/c1-3-4-7-28-15-5-6-16(23-9-15)18(27)24-17-11-30-19(25-17)21-12-29-13(2)8-14(21)10-31-20(22)26-21/h5-6,9,11,13-14H,7-8,10,12H2,1-2H3,(H2,22,26)(H,24,27)/t13-,14-,21?/m0/s1. The number of amides is 1. The Balaban J connectivity index is 1.48. The molecule has 1 amide bonds. The molecule has 8 nitrogen and oxygen atoms in total. The molecule has 2 aliphatic rings. The summed E-state index contributed by atoms with van der Waals surface area (Å²) < 4.78 is 11.4. The van der Waals surface area contributed by atoms with E-state index >= 15 is 0 Å². The normalized spacial score (nSPS) is 24.9. The molecule has 2 aliphatic heterocycles. The number of carbonyl (C=O) groups excluding carboxylic acids is 1. The number of nitrogens with zero attached hydrogens (tertiary/aromatic N) is 3. The van der Waals surface area contributed by atoms with Gasteiger partial charge in [-0.25, -0.2) is 15.0 Å². The Labute approximate surface area is 189 Å². The van der Waals surface area contributed by atoms with Crippen LogP contribution in [0.5, 0.6) is 5.75 Å². The van der Waals surface area contributed by atoms with Gasteiger partial charge in [0.15, 0.2) is 5.17 Å². The van der Waals surface area contributed by atoms with E-state index in [1.165, 1.54) is 17.5 Å². The first-order valence-corrected chi connectivity index (χ1v) is 11.7. The number of carbonyl (C=O) groups is 1. The number of thioether (sulfide) groups is 1. The molecule has 3 atom stereocenters. The minimum atomic E-state index is -0.589. The highest BCUT2D eigenvalue weighted by Gasteiger charge is 2.49. The minimum Gasteiger partial charge on any atom is -0.479 e. The Hall–Kier alpha value is -2.61. The Morgan fingerprint density at radius 2 is 2.35 bits per heavy atom. The van der Waals surface area contributed by atoms with Crippen LogP contribution in [0.1, 0.15) is 35.8 Å². The number of hydrogen-bond donors (Lipinski definition) is 2. The van der Waals surface area contributed by atoms with Crippen LogP contribution in [0, 0.1) is 17.8 Å². The largest absolute Gasteiger partial charge is 0.479 e. The SMILES string of the molecule is CC#CCOc1ccc(C(=O)Nc2csc(C34CO[C@@H](C)C[C@H]3CSC(N)=N4)n2)nc1. The van der Waals surface area contributed by atoms with Gasteiger partial charge in [0.2, 0.25) is 0 Å². The molecule has 0 aromatic carbocycles. The van der Waals surface area contributed by atoms with E-state index in [2.05, 4.69) is 34.0 Å². The number of nitrogens with one attached hydrogen (secondary N) is 1. The van der Waals surface area contributed by atoms with Gasteiger partial charge < -0.3 is 20.5 Å². The van der Waals surface area contributed by atoms with E-state index in [1.807, 2.05) is 5.38 Å². The van der Waals surface area contributed by atoms with Gasteiger partial charge in [0.1, 0.15) is 34.4 Å². The van der Waals surface area contributed by atoms with Crippen LogP contribution in [0.4, 0.5) is 5.82 Å². The molecule has 0 saturated carbocycles. The maximum absolute atomic E-state index is 12.6. The number of hydrogen-bond acceptors (Lipinski definition) is 9. The summed E-state index contributed by atoms with van der Waals surface area (Å²) in [6.07, 6.45) is 2.58. The van der Waals surface area contributed by atoms with E-state index in [1.54, 1.807) is 30.8 Å². The van der Waals surface area contributed by atoms with Gasteiger partial charge in [-0.3, -0.25) is 4.79 Å². The molecule has 0 spiro atoms. The average molecular weight is 458 g/mol. The number of ether oxygens (including phenoxy) is 2. The molecule has 1 fully saturated rings. The lowest BCUT2D eigenvalue weighted by molar-refractivity contribution is -0.0466. The minimum absolute atomic E-state index is 0.180. The fourth-order valence-corrected chi connectivity index (χ4v) is 5.55. The van der Waals surface area contributed by atoms with Crippen LogP contribution in [0.3, 0.4) is 0 Å². The van der Waals surface area contributed by atoms with Gasteiger partial charge in [-0.15, -0.1) is 17.3 Å². The first kappa shape index (κ1) is 21.6. The molecule has 162 valence electrons. The van der Waals surface area contributed by atoms with Crippen LogP contribution in [0.2, 0.25) is 0 Å². The number of pyridine rings is 1. The fraction of sp³-hybridized carbons (Fsp3) is 0.429. The van der Waals surface area contributed by atoms with Crippen molar-refractivity contribution in [2.24, 2.45) is 16.6 Å². The number of aromatic nitrogens is 2. The molecular weight excluding hydrogens is 434 g/mol. The van der Waals surface area contributed by atoms with Crippen molar-refractivity contribution in [2.75, 3.05) is 24.3 Å². The summed E-state index contributed by atoms with van der Waals surface area (Å²) in [7, 11) is 0. The summed E-state index contributed by atoms with van der Waals surface area (Å²) in [5.74, 6) is 7.40. The predicted octanol–water partition coefficient (Wildman–Crippen LogP) is 2.87. The summed E-state index contributed by atoms with van der Waals surface area (Å²) in [5, 5.41) is 5.97. The number of amidine groups is 1. The topological polar surface area (TPSA) is 112 Å². The summed E-state index contributed by atoms with van der Waals surface area (Å²) in [4.78, 5) is 26.2. The van der Waals surface area contributed by atoms with E-state index in [0.29, 0.717) is 23.3 Å². The number of thiazole rings is 1. The van der Waals surface area contributed by atoms with Crippen LogP contribution in [0.15, 0.2) is 28.7 Å². The van der Waals surface area contributed by atoms with Crippen molar-refractivity contribution in [1.29, 1.82) is 0 Å². The molecule has 2 aromatic rings. The Bertz CT molecular complexity index is 1040. The third kappa shape index (κ3) is 4.69. The van der Waals surface area contributed by atoms with Crippen LogP contribution >= 0.6 is 23.1 Å². The van der Waals surface area contributed by atoms with Gasteiger partial charge in [0.25, 0.3) is 5.91 Å². The maximum atomic E-state index is 12.6. The molecule has 10 heteroatoms. The summed E-state index contributed by atoms with van der Waals surface area (Å²) >= 11 is 3.03. The second kappa shape index (κ2) is 9.26. The molecule has 1 saturated heterocycles. The quantitative estimate of drug-likeness (QED) is 0.664. The van der Waals surface area contributed by atoms with Crippen molar-refractivity contribution >= 4 is 40.0 Å². The smallest absolute Gasteiger partial charge is 0.275 e. The van der Waals surface area contributed by atoms with E-state index < -0.39 is 5.54 Å². The second-order valence-corrected chi connectivity index (χ2v) is 9.22. The van der Waals surface area contributed by atoms with Crippen LogP contribution in [-0.4, -0.2) is 46.1 Å². The van der Waals surface area contributed by atoms with Crippen molar-refractivity contribution < 1.29 is 14.3 Å². The zero-order chi connectivity index (χ0) is 21.8. The van der Waals surface area contributed by atoms with E-state index in [-0.39, 0.29) is 30.2 Å². The average Bonchev–Trinajstić information content (AvgIpc) is 3.24. The summed E-state index contributed by atoms with van der Waals surface area (Å²) in [6.45, 7) is 4.54. The molecule has 0 radical (unpaired) electrons. The van der Waals surface area contributed by atoms with Crippen LogP contribution in [-0.2, 0) is 10.3 Å². The van der Waals surface area contributed by atoms with E-state index in [0.717, 1.165) is 17.2 Å². The lowest BCUT2D eigenvalue weighted by Crippen LogP contribution is -2.49. The molecule has 4 rings (SSSR count). The molecule has 0 bridgehead atoms. The lowest BCUT2D eigenvalue weighted by atomic mass is 9.80. The summed E-state index contributed by atoms with van der Waals surface area (Å²) in [5.41, 5.74) is 5.73. The van der Waals surface area contributed by atoms with Crippen molar-refractivity contribution in [3.63, 3.8) is 0 Å². The fourth-order valence-electron chi connectivity index (χ4n) is 3.58. The van der Waals surface area contributed by atoms with Gasteiger partial charge in [-0.1, -0.05) is 17.7 Å². The molecule has 3 N–H and O–H groups in total. The van der Waals surface area contributed by atoms with Gasteiger partial charge in [0.05, 0.1) is 18.9 Å². The van der Waals surface area contributed by atoms with Gasteiger partial charge in [-0.2, -0.15) is 0 Å². The first-order chi connectivity index (χ1) is 15.0. The maximum Gasteiger partial charge on any atom is 0.275 e. The molecular formula is C21H23N5O3S2.